The predicted octanol–water partition coefficient (Wildman–Crippen LogP) is 1.42. The SMILES string of the molecule is C1=Nc2ncccc2C12CCNCC2. The summed E-state index contributed by atoms with van der Waals surface area (Å²) in [7, 11) is 0. The van der Waals surface area contributed by atoms with E-state index in [-0.39, 0.29) is 5.41 Å². The van der Waals surface area contributed by atoms with Crippen molar-refractivity contribution in [2.45, 2.75) is 18.3 Å². The van der Waals surface area contributed by atoms with Crippen LogP contribution in [-0.2, 0) is 5.41 Å². The second-order valence-electron chi connectivity index (χ2n) is 4.04. The Balaban J connectivity index is 2.07. The molecule has 1 N–H and O–H groups in total. The zero-order valence-corrected chi connectivity index (χ0v) is 8.03. The normalized spacial score (nSPS) is 22.6. The van der Waals surface area contributed by atoms with Crippen molar-refractivity contribution in [3.8, 4) is 0 Å². The van der Waals surface area contributed by atoms with Crippen molar-refractivity contribution in [3.05, 3.63) is 23.9 Å². The van der Waals surface area contributed by atoms with Gasteiger partial charge in [0.15, 0.2) is 5.82 Å². The Hall–Kier alpha value is -1.22. The highest BCUT2D eigenvalue weighted by Gasteiger charge is 2.37. The van der Waals surface area contributed by atoms with Gasteiger partial charge >= 0.3 is 0 Å². The first-order valence-corrected chi connectivity index (χ1v) is 5.12. The van der Waals surface area contributed by atoms with E-state index >= 15 is 0 Å². The van der Waals surface area contributed by atoms with E-state index in [0.29, 0.717) is 0 Å². The number of aromatic nitrogens is 1. The van der Waals surface area contributed by atoms with Crippen LogP contribution in [0.1, 0.15) is 18.4 Å². The lowest BCUT2D eigenvalue weighted by molar-refractivity contribution is 0.408. The first kappa shape index (κ1) is 8.12. The Morgan fingerprint density at radius 3 is 3.00 bits per heavy atom. The van der Waals surface area contributed by atoms with Gasteiger partial charge in [-0.3, -0.25) is 0 Å². The van der Waals surface area contributed by atoms with E-state index in [4.69, 9.17) is 0 Å². The van der Waals surface area contributed by atoms with Crippen LogP contribution in [0.15, 0.2) is 23.3 Å². The fraction of sp³-hybridized carbons (Fsp3) is 0.455. The number of piperidine rings is 1. The minimum Gasteiger partial charge on any atom is -0.317 e. The Morgan fingerprint density at radius 1 is 1.29 bits per heavy atom. The molecule has 3 rings (SSSR count). The van der Waals surface area contributed by atoms with Gasteiger partial charge in [0, 0.05) is 23.4 Å². The van der Waals surface area contributed by atoms with Crippen molar-refractivity contribution in [2.75, 3.05) is 13.1 Å². The molecule has 0 aliphatic carbocycles. The lowest BCUT2D eigenvalue weighted by Crippen LogP contribution is -2.39. The van der Waals surface area contributed by atoms with Crippen LogP contribution in [0.4, 0.5) is 5.82 Å². The Bertz CT molecular complexity index is 378. The third-order valence-corrected chi connectivity index (χ3v) is 3.25. The number of nitrogens with zero attached hydrogens (tertiary/aromatic N) is 2. The third-order valence-electron chi connectivity index (χ3n) is 3.25. The standard InChI is InChI=1S/C11H13N3/c1-2-9-10(13-5-1)14-8-11(9)3-6-12-7-4-11/h1-2,5,8,12H,3-4,6-7H2. The minimum atomic E-state index is 0.189. The number of pyridine rings is 1. The Labute approximate surface area is 83.3 Å². The molecule has 0 aromatic carbocycles. The van der Waals surface area contributed by atoms with Crippen molar-refractivity contribution in [3.63, 3.8) is 0 Å². The van der Waals surface area contributed by atoms with Crippen molar-refractivity contribution >= 4 is 12.0 Å². The van der Waals surface area contributed by atoms with Crippen molar-refractivity contribution in [2.24, 2.45) is 4.99 Å². The molecule has 0 saturated carbocycles. The molecule has 0 unspecified atom stereocenters. The van der Waals surface area contributed by atoms with Crippen LogP contribution in [-0.4, -0.2) is 24.3 Å². The third kappa shape index (κ3) is 1.02. The molecular weight excluding hydrogens is 174 g/mol. The van der Waals surface area contributed by atoms with E-state index in [2.05, 4.69) is 27.6 Å². The van der Waals surface area contributed by atoms with E-state index in [1.54, 1.807) is 0 Å². The van der Waals surface area contributed by atoms with Gasteiger partial charge in [0.2, 0.25) is 0 Å². The van der Waals surface area contributed by atoms with E-state index in [9.17, 15) is 0 Å². The van der Waals surface area contributed by atoms with Gasteiger partial charge in [0.25, 0.3) is 0 Å². The fourth-order valence-electron chi connectivity index (χ4n) is 2.41. The molecule has 14 heavy (non-hydrogen) atoms. The van der Waals surface area contributed by atoms with Crippen LogP contribution in [0.5, 0.6) is 0 Å². The van der Waals surface area contributed by atoms with Gasteiger partial charge in [0.1, 0.15) is 0 Å². The summed E-state index contributed by atoms with van der Waals surface area (Å²) in [6.07, 6.45) is 6.21. The van der Waals surface area contributed by atoms with Crippen LogP contribution in [0.3, 0.4) is 0 Å². The second-order valence-corrected chi connectivity index (χ2v) is 4.04. The molecule has 2 aliphatic rings. The summed E-state index contributed by atoms with van der Waals surface area (Å²) in [5.41, 5.74) is 1.51. The lowest BCUT2D eigenvalue weighted by atomic mass is 9.76. The van der Waals surface area contributed by atoms with Crippen LogP contribution in [0.25, 0.3) is 0 Å². The molecular formula is C11H13N3. The largest absolute Gasteiger partial charge is 0.317 e. The second kappa shape index (κ2) is 2.89. The van der Waals surface area contributed by atoms with Crippen molar-refractivity contribution < 1.29 is 0 Å². The summed E-state index contributed by atoms with van der Waals surface area (Å²) in [5.74, 6) is 0.925. The van der Waals surface area contributed by atoms with Crippen molar-refractivity contribution in [1.29, 1.82) is 0 Å². The molecule has 0 atom stereocenters. The molecule has 0 radical (unpaired) electrons. The highest BCUT2D eigenvalue weighted by molar-refractivity contribution is 5.83. The van der Waals surface area contributed by atoms with Crippen LogP contribution >= 0.6 is 0 Å². The predicted molar refractivity (Wildman–Crippen MR) is 56.2 cm³/mol. The zero-order valence-electron chi connectivity index (χ0n) is 8.03. The van der Waals surface area contributed by atoms with Gasteiger partial charge in [0.05, 0.1) is 0 Å². The number of aliphatic imine (C=N–C) groups is 1. The zero-order chi connectivity index (χ0) is 9.43. The summed E-state index contributed by atoms with van der Waals surface area (Å²) in [6, 6.07) is 4.18. The fourth-order valence-corrected chi connectivity index (χ4v) is 2.41. The summed E-state index contributed by atoms with van der Waals surface area (Å²) < 4.78 is 0. The lowest BCUT2D eigenvalue weighted by Gasteiger charge is -2.31. The average Bonchev–Trinajstić information content (AvgIpc) is 2.60. The number of hydrogen-bond donors (Lipinski definition) is 1. The number of rotatable bonds is 0. The van der Waals surface area contributed by atoms with Crippen LogP contribution < -0.4 is 5.32 Å². The highest BCUT2D eigenvalue weighted by Crippen LogP contribution is 2.40. The quantitative estimate of drug-likeness (QED) is 0.667. The van der Waals surface area contributed by atoms with Crippen LogP contribution in [0.2, 0.25) is 0 Å². The first-order valence-electron chi connectivity index (χ1n) is 5.12. The first-order chi connectivity index (χ1) is 6.91. The number of fused-ring (bicyclic) bond motifs is 2. The average molecular weight is 187 g/mol. The molecule has 3 nitrogen and oxygen atoms in total. The molecule has 1 saturated heterocycles. The van der Waals surface area contributed by atoms with E-state index in [0.717, 1.165) is 31.7 Å². The monoisotopic (exact) mass is 187 g/mol. The molecule has 1 fully saturated rings. The van der Waals surface area contributed by atoms with E-state index < -0.39 is 0 Å². The Morgan fingerprint density at radius 2 is 2.14 bits per heavy atom. The molecule has 1 aromatic rings. The highest BCUT2D eigenvalue weighted by atomic mass is 15.0. The molecule has 3 heteroatoms. The van der Waals surface area contributed by atoms with Crippen LogP contribution in [0, 0.1) is 0 Å². The number of hydrogen-bond acceptors (Lipinski definition) is 3. The van der Waals surface area contributed by atoms with Gasteiger partial charge in [-0.25, -0.2) is 9.98 Å². The van der Waals surface area contributed by atoms with Gasteiger partial charge in [-0.2, -0.15) is 0 Å². The smallest absolute Gasteiger partial charge is 0.155 e. The molecule has 1 spiro atoms. The molecule has 1 aromatic heterocycles. The molecule has 2 aliphatic heterocycles. The van der Waals surface area contributed by atoms with Gasteiger partial charge in [-0.1, -0.05) is 6.07 Å². The maximum absolute atomic E-state index is 4.41. The van der Waals surface area contributed by atoms with Gasteiger partial charge < -0.3 is 5.32 Å². The molecule has 0 amide bonds. The van der Waals surface area contributed by atoms with E-state index in [1.807, 2.05) is 12.3 Å². The summed E-state index contributed by atoms with van der Waals surface area (Å²) in [5, 5.41) is 3.38. The minimum absolute atomic E-state index is 0.189. The topological polar surface area (TPSA) is 37.3 Å². The number of nitrogens with one attached hydrogen (secondary N) is 1. The maximum Gasteiger partial charge on any atom is 0.155 e. The summed E-state index contributed by atoms with van der Waals surface area (Å²) in [4.78, 5) is 8.70. The molecule has 0 bridgehead atoms. The van der Waals surface area contributed by atoms with Gasteiger partial charge in [-0.15, -0.1) is 0 Å². The molecule has 3 heterocycles. The Kier molecular flexibility index (Phi) is 1.67. The molecule has 72 valence electrons. The maximum atomic E-state index is 4.41. The van der Waals surface area contributed by atoms with Crippen molar-refractivity contribution in [1.82, 2.24) is 10.3 Å². The van der Waals surface area contributed by atoms with Gasteiger partial charge in [-0.05, 0) is 32.0 Å². The summed E-state index contributed by atoms with van der Waals surface area (Å²) in [6.45, 7) is 2.17. The summed E-state index contributed by atoms with van der Waals surface area (Å²) >= 11 is 0. The van der Waals surface area contributed by atoms with E-state index in [1.165, 1.54) is 5.56 Å².